The first-order valence-electron chi connectivity index (χ1n) is 21.9. The molecule has 0 spiro atoms. The molecule has 1 amide bonds. The highest BCUT2D eigenvalue weighted by Crippen LogP contribution is 2.68. The topological polar surface area (TPSA) is 46.2 Å². The molecule has 0 saturated heterocycles. The minimum Gasteiger partial charge on any atom is -0.353 e. The number of allylic oxidation sites excluding steroid dienone is 2. The quantitative estimate of drug-likeness (QED) is 0.103. The summed E-state index contributed by atoms with van der Waals surface area (Å²) in [6, 6.07) is 0.395. The second-order valence-electron chi connectivity index (χ2n) is 19.4. The van der Waals surface area contributed by atoms with Gasteiger partial charge in [0.1, 0.15) is 5.78 Å². The van der Waals surface area contributed by atoms with Crippen LogP contribution >= 0.6 is 0 Å². The van der Waals surface area contributed by atoms with Crippen LogP contribution in [0, 0.1) is 51.8 Å². The average Bonchev–Trinajstić information content (AvgIpc) is 3.42. The van der Waals surface area contributed by atoms with E-state index in [1.165, 1.54) is 135 Å². The summed E-state index contributed by atoms with van der Waals surface area (Å²) in [5.41, 5.74) is 0.709. The van der Waals surface area contributed by atoms with Gasteiger partial charge in [0.25, 0.3) is 0 Å². The molecule has 0 aliphatic heterocycles. The predicted octanol–water partition coefficient (Wildman–Crippen LogP) is 13.2. The van der Waals surface area contributed by atoms with Gasteiger partial charge in [-0.3, -0.25) is 9.59 Å². The SMILES string of the molecule is CCCCCCCC/C=C\CCCCCCCC(=O)N[C@H]1CC[C@@]2(C)C(CCC3C2CC[C@@]2(C)C3CCC2[C@H](C)CCC(=O)C(C)(C)C)C1. The highest BCUT2D eigenvalue weighted by molar-refractivity contribution is 5.83. The van der Waals surface area contributed by atoms with Gasteiger partial charge < -0.3 is 5.32 Å². The summed E-state index contributed by atoms with van der Waals surface area (Å²) in [4.78, 5) is 25.7. The van der Waals surface area contributed by atoms with Gasteiger partial charge in [0, 0.05) is 24.3 Å². The van der Waals surface area contributed by atoms with E-state index in [2.05, 4.69) is 65.9 Å². The predicted molar refractivity (Wildman–Crippen MR) is 209 cm³/mol. The van der Waals surface area contributed by atoms with E-state index >= 15 is 0 Å². The van der Waals surface area contributed by atoms with Crippen LogP contribution in [0.2, 0.25) is 0 Å². The van der Waals surface area contributed by atoms with E-state index in [9.17, 15) is 9.59 Å². The number of ketones is 1. The fraction of sp³-hybridized carbons (Fsp3) is 0.913. The van der Waals surface area contributed by atoms with Crippen molar-refractivity contribution in [2.75, 3.05) is 0 Å². The van der Waals surface area contributed by atoms with Gasteiger partial charge in [-0.2, -0.15) is 0 Å². The molecule has 5 unspecified atom stereocenters. The maximum Gasteiger partial charge on any atom is 0.220 e. The van der Waals surface area contributed by atoms with Crippen LogP contribution in [0.25, 0.3) is 0 Å². The van der Waals surface area contributed by atoms with Crippen LogP contribution in [0.15, 0.2) is 12.2 Å². The summed E-state index contributed by atoms with van der Waals surface area (Å²) in [5.74, 6) is 5.58. The summed E-state index contributed by atoms with van der Waals surface area (Å²) in [6.07, 6.45) is 36.3. The van der Waals surface area contributed by atoms with Crippen molar-refractivity contribution in [1.29, 1.82) is 0 Å². The Morgan fingerprint density at radius 2 is 1.35 bits per heavy atom. The van der Waals surface area contributed by atoms with E-state index < -0.39 is 0 Å². The van der Waals surface area contributed by atoms with Crippen molar-refractivity contribution in [3.63, 3.8) is 0 Å². The molecule has 3 heteroatoms. The van der Waals surface area contributed by atoms with Gasteiger partial charge in [-0.1, -0.05) is 112 Å². The van der Waals surface area contributed by atoms with E-state index in [0.717, 1.165) is 48.9 Å². The zero-order valence-corrected chi connectivity index (χ0v) is 33.7. The molecule has 0 bridgehead atoms. The molecule has 4 saturated carbocycles. The van der Waals surface area contributed by atoms with Crippen LogP contribution in [0.5, 0.6) is 0 Å². The Morgan fingerprint density at radius 1 is 0.735 bits per heavy atom. The summed E-state index contributed by atoms with van der Waals surface area (Å²) < 4.78 is 0. The summed E-state index contributed by atoms with van der Waals surface area (Å²) >= 11 is 0. The Balaban J connectivity index is 1.11. The molecule has 1 N–H and O–H groups in total. The number of carbonyl (C=O) groups excluding carboxylic acids is 2. The molecule has 0 heterocycles. The Bertz CT molecular complexity index is 1040. The zero-order chi connectivity index (χ0) is 35.5. The molecule has 0 aromatic heterocycles. The zero-order valence-electron chi connectivity index (χ0n) is 33.7. The lowest BCUT2D eigenvalue weighted by molar-refractivity contribution is -0.128. The fourth-order valence-corrected chi connectivity index (χ4v) is 12.0. The molecule has 4 aliphatic carbocycles. The molecule has 9 atom stereocenters. The van der Waals surface area contributed by atoms with Crippen LogP contribution in [-0.2, 0) is 9.59 Å². The molecule has 282 valence electrons. The number of hydrogen-bond acceptors (Lipinski definition) is 2. The first-order valence-corrected chi connectivity index (χ1v) is 21.9. The van der Waals surface area contributed by atoms with Crippen molar-refractivity contribution in [3.05, 3.63) is 12.2 Å². The van der Waals surface area contributed by atoms with E-state index in [4.69, 9.17) is 0 Å². The van der Waals surface area contributed by atoms with Gasteiger partial charge in [0.15, 0.2) is 0 Å². The van der Waals surface area contributed by atoms with Crippen molar-refractivity contribution < 1.29 is 9.59 Å². The molecular weight excluding hydrogens is 599 g/mol. The number of nitrogens with one attached hydrogen (secondary N) is 1. The lowest BCUT2D eigenvalue weighted by Crippen LogP contribution is -2.55. The van der Waals surface area contributed by atoms with Crippen LogP contribution in [-0.4, -0.2) is 17.7 Å². The van der Waals surface area contributed by atoms with E-state index in [-0.39, 0.29) is 5.41 Å². The first kappa shape index (κ1) is 40.6. The minimum atomic E-state index is -0.209. The van der Waals surface area contributed by atoms with Gasteiger partial charge in [-0.25, -0.2) is 0 Å². The number of hydrogen-bond donors (Lipinski definition) is 1. The van der Waals surface area contributed by atoms with Crippen LogP contribution in [0.3, 0.4) is 0 Å². The molecule has 0 aromatic carbocycles. The number of carbonyl (C=O) groups is 2. The van der Waals surface area contributed by atoms with Crippen LogP contribution < -0.4 is 5.32 Å². The minimum absolute atomic E-state index is 0.209. The Kier molecular flexibility index (Phi) is 15.8. The van der Waals surface area contributed by atoms with Crippen molar-refractivity contribution in [2.24, 2.45) is 51.8 Å². The third kappa shape index (κ3) is 10.9. The van der Waals surface area contributed by atoms with Gasteiger partial charge in [-0.15, -0.1) is 0 Å². The Hall–Kier alpha value is -1.12. The molecule has 4 rings (SSSR count). The molecule has 4 fully saturated rings. The Morgan fingerprint density at radius 3 is 2.02 bits per heavy atom. The standard InChI is InChI=1S/C46H81NO2/c1-8-9-10-11-12-13-14-15-16-17-18-19-20-21-22-23-43(49)47-37-30-32-45(6)36(34-37)25-26-38-40-28-27-39(46(40,7)33-31-41(38)45)35(2)24-29-42(48)44(3,4)5/h15-16,35-41H,8-14,17-34H2,1-7H3,(H,47,49)/b16-15-/t35-,36?,37+,38?,39?,40?,41?,45+,46-/m1/s1. The average molecular weight is 680 g/mol. The van der Waals surface area contributed by atoms with Crippen molar-refractivity contribution in [1.82, 2.24) is 5.32 Å². The summed E-state index contributed by atoms with van der Waals surface area (Å²) in [5, 5.41) is 3.51. The number of amides is 1. The monoisotopic (exact) mass is 680 g/mol. The first-order chi connectivity index (χ1) is 23.4. The lowest BCUT2D eigenvalue weighted by atomic mass is 9.44. The normalized spacial score (nSPS) is 33.5. The third-order valence-corrected chi connectivity index (χ3v) is 15.1. The van der Waals surface area contributed by atoms with E-state index in [1.807, 2.05) is 0 Å². The number of Topliss-reactive ketones (excluding diaryl/α,β-unsaturated/α-hetero) is 1. The Labute approximate surface area is 304 Å². The highest BCUT2D eigenvalue weighted by Gasteiger charge is 2.60. The second kappa shape index (κ2) is 19.1. The smallest absolute Gasteiger partial charge is 0.220 e. The van der Waals surface area contributed by atoms with Crippen molar-refractivity contribution >= 4 is 11.7 Å². The molecule has 0 radical (unpaired) electrons. The van der Waals surface area contributed by atoms with Gasteiger partial charge >= 0.3 is 0 Å². The summed E-state index contributed by atoms with van der Waals surface area (Å²) in [7, 11) is 0. The number of fused-ring (bicyclic) bond motifs is 5. The van der Waals surface area contributed by atoms with Crippen LogP contribution in [0.1, 0.15) is 209 Å². The van der Waals surface area contributed by atoms with E-state index in [1.54, 1.807) is 0 Å². The van der Waals surface area contributed by atoms with Gasteiger partial charge in [-0.05, 0) is 143 Å². The maximum absolute atomic E-state index is 13.0. The lowest BCUT2D eigenvalue weighted by Gasteiger charge is -2.61. The van der Waals surface area contributed by atoms with Gasteiger partial charge in [0.2, 0.25) is 5.91 Å². The van der Waals surface area contributed by atoms with E-state index in [0.29, 0.717) is 40.9 Å². The summed E-state index contributed by atoms with van der Waals surface area (Å²) in [6.45, 7) is 16.3. The number of unbranched alkanes of at least 4 members (excludes halogenated alkanes) is 11. The molecular formula is C46H81NO2. The third-order valence-electron chi connectivity index (χ3n) is 15.1. The maximum atomic E-state index is 13.0. The molecule has 4 aliphatic rings. The fourth-order valence-electron chi connectivity index (χ4n) is 12.0. The van der Waals surface area contributed by atoms with Crippen LogP contribution in [0.4, 0.5) is 0 Å². The molecule has 3 nitrogen and oxygen atoms in total. The highest BCUT2D eigenvalue weighted by atomic mass is 16.1. The second-order valence-corrected chi connectivity index (χ2v) is 19.4. The van der Waals surface area contributed by atoms with Crippen molar-refractivity contribution in [3.8, 4) is 0 Å². The molecule has 49 heavy (non-hydrogen) atoms. The van der Waals surface area contributed by atoms with Gasteiger partial charge in [0.05, 0.1) is 0 Å². The largest absolute Gasteiger partial charge is 0.353 e. The molecule has 0 aromatic rings. The van der Waals surface area contributed by atoms with Crippen molar-refractivity contribution in [2.45, 2.75) is 215 Å². The number of rotatable bonds is 20.